The van der Waals surface area contributed by atoms with Gasteiger partial charge >= 0.3 is 0 Å². The van der Waals surface area contributed by atoms with E-state index in [1.54, 1.807) is 7.11 Å². The molecule has 1 aliphatic heterocycles. The maximum absolute atomic E-state index is 5.95. The molecular formula is C22H26N2O2. The van der Waals surface area contributed by atoms with Crippen LogP contribution in [0.1, 0.15) is 22.4 Å². The van der Waals surface area contributed by atoms with Crippen molar-refractivity contribution in [1.82, 2.24) is 9.88 Å². The highest BCUT2D eigenvalue weighted by Gasteiger charge is 2.21. The van der Waals surface area contributed by atoms with Gasteiger partial charge in [-0.15, -0.1) is 0 Å². The number of H-pyrrole nitrogens is 1. The fourth-order valence-electron chi connectivity index (χ4n) is 3.75. The van der Waals surface area contributed by atoms with Gasteiger partial charge in [0.1, 0.15) is 6.61 Å². The molecule has 3 aromatic rings. The molecule has 0 amide bonds. The van der Waals surface area contributed by atoms with Gasteiger partial charge in [0.2, 0.25) is 0 Å². The number of para-hydroxylation sites is 2. The van der Waals surface area contributed by atoms with E-state index in [4.69, 9.17) is 9.47 Å². The van der Waals surface area contributed by atoms with E-state index >= 15 is 0 Å². The number of aromatic nitrogens is 1. The zero-order valence-electron chi connectivity index (χ0n) is 15.8. The van der Waals surface area contributed by atoms with Crippen molar-refractivity contribution in [2.75, 3.05) is 26.8 Å². The Morgan fingerprint density at radius 2 is 1.85 bits per heavy atom. The van der Waals surface area contributed by atoms with Gasteiger partial charge < -0.3 is 14.5 Å². The van der Waals surface area contributed by atoms with Gasteiger partial charge in [0.25, 0.3) is 0 Å². The van der Waals surface area contributed by atoms with Crippen molar-refractivity contribution in [1.29, 1.82) is 0 Å². The van der Waals surface area contributed by atoms with E-state index in [0.29, 0.717) is 6.61 Å². The number of rotatable bonds is 5. The van der Waals surface area contributed by atoms with Gasteiger partial charge in [0.15, 0.2) is 11.5 Å². The first kappa shape index (κ1) is 17.0. The Morgan fingerprint density at radius 1 is 1.08 bits per heavy atom. The molecule has 1 aliphatic rings. The van der Waals surface area contributed by atoms with E-state index in [0.717, 1.165) is 37.6 Å². The molecule has 0 radical (unpaired) electrons. The Morgan fingerprint density at radius 3 is 2.65 bits per heavy atom. The summed E-state index contributed by atoms with van der Waals surface area (Å²) in [5.41, 5.74) is 6.82. The van der Waals surface area contributed by atoms with Crippen molar-refractivity contribution in [2.45, 2.75) is 26.8 Å². The molecule has 2 heterocycles. The zero-order valence-corrected chi connectivity index (χ0v) is 15.8. The van der Waals surface area contributed by atoms with Crippen LogP contribution >= 0.6 is 0 Å². The van der Waals surface area contributed by atoms with Crippen molar-refractivity contribution in [2.24, 2.45) is 0 Å². The van der Waals surface area contributed by atoms with Crippen molar-refractivity contribution in [3.05, 3.63) is 58.8 Å². The van der Waals surface area contributed by atoms with Crippen LogP contribution in [0.3, 0.4) is 0 Å². The van der Waals surface area contributed by atoms with Crippen LogP contribution in [-0.4, -0.2) is 36.7 Å². The fourth-order valence-corrected chi connectivity index (χ4v) is 3.75. The van der Waals surface area contributed by atoms with Crippen LogP contribution in [0.4, 0.5) is 0 Å². The smallest absolute Gasteiger partial charge is 0.161 e. The van der Waals surface area contributed by atoms with E-state index in [1.165, 1.54) is 33.3 Å². The second-order valence-electron chi connectivity index (χ2n) is 7.09. The molecule has 0 saturated heterocycles. The molecule has 0 atom stereocenters. The normalized spacial score (nSPS) is 14.4. The monoisotopic (exact) mass is 350 g/mol. The molecule has 1 aromatic heterocycles. The van der Waals surface area contributed by atoms with Crippen LogP contribution in [0.25, 0.3) is 10.9 Å². The zero-order chi connectivity index (χ0) is 18.1. The lowest BCUT2D eigenvalue weighted by atomic mass is 10.0. The number of fused-ring (bicyclic) bond motifs is 3. The van der Waals surface area contributed by atoms with Crippen molar-refractivity contribution >= 4 is 10.9 Å². The molecule has 0 saturated carbocycles. The van der Waals surface area contributed by atoms with Gasteiger partial charge in [-0.1, -0.05) is 12.1 Å². The number of hydrogen-bond acceptors (Lipinski definition) is 3. The molecule has 1 N–H and O–H groups in total. The highest BCUT2D eigenvalue weighted by molar-refractivity contribution is 5.86. The largest absolute Gasteiger partial charge is 0.493 e. The third-order valence-corrected chi connectivity index (χ3v) is 5.40. The fraction of sp³-hybridized carbons (Fsp3) is 0.364. The Hall–Kier alpha value is -2.46. The second-order valence-corrected chi connectivity index (χ2v) is 7.09. The maximum Gasteiger partial charge on any atom is 0.161 e. The summed E-state index contributed by atoms with van der Waals surface area (Å²) in [5, 5.41) is 1.37. The van der Waals surface area contributed by atoms with Crippen LogP contribution in [0.5, 0.6) is 11.5 Å². The van der Waals surface area contributed by atoms with Crippen LogP contribution in [0.2, 0.25) is 0 Å². The predicted molar refractivity (Wildman–Crippen MR) is 105 cm³/mol. The van der Waals surface area contributed by atoms with E-state index in [2.05, 4.69) is 35.9 Å². The van der Waals surface area contributed by atoms with Gasteiger partial charge in [-0.25, -0.2) is 0 Å². The minimum absolute atomic E-state index is 0.663. The predicted octanol–water partition coefficient (Wildman–Crippen LogP) is 4.23. The summed E-state index contributed by atoms with van der Waals surface area (Å²) in [6.45, 7) is 7.98. The van der Waals surface area contributed by atoms with E-state index in [-0.39, 0.29) is 0 Å². The van der Waals surface area contributed by atoms with Crippen LogP contribution in [-0.2, 0) is 13.0 Å². The molecule has 0 aliphatic carbocycles. The first-order valence-corrected chi connectivity index (χ1v) is 9.24. The molecule has 4 heteroatoms. The van der Waals surface area contributed by atoms with Crippen molar-refractivity contribution in [3.63, 3.8) is 0 Å². The van der Waals surface area contributed by atoms with Gasteiger partial charge in [0.05, 0.1) is 7.11 Å². The average Bonchev–Trinajstić information content (AvgIpc) is 2.99. The first-order valence-electron chi connectivity index (χ1n) is 9.24. The van der Waals surface area contributed by atoms with Crippen LogP contribution < -0.4 is 9.47 Å². The molecule has 0 spiro atoms. The highest BCUT2D eigenvalue weighted by Crippen LogP contribution is 2.30. The minimum Gasteiger partial charge on any atom is -0.493 e. The van der Waals surface area contributed by atoms with E-state index in [9.17, 15) is 0 Å². The van der Waals surface area contributed by atoms with Gasteiger partial charge in [-0.2, -0.15) is 0 Å². The Bertz CT molecular complexity index is 929. The van der Waals surface area contributed by atoms with E-state index < -0.39 is 0 Å². The highest BCUT2D eigenvalue weighted by atomic mass is 16.5. The summed E-state index contributed by atoms with van der Waals surface area (Å²) in [5.74, 6) is 1.60. The quantitative estimate of drug-likeness (QED) is 0.748. The third kappa shape index (κ3) is 3.17. The summed E-state index contributed by atoms with van der Waals surface area (Å²) >= 11 is 0. The summed E-state index contributed by atoms with van der Waals surface area (Å²) in [4.78, 5) is 6.10. The van der Waals surface area contributed by atoms with E-state index in [1.807, 2.05) is 24.3 Å². The molecule has 136 valence electrons. The Kier molecular flexibility index (Phi) is 4.60. The lowest BCUT2D eigenvalue weighted by Gasteiger charge is -2.27. The summed E-state index contributed by atoms with van der Waals surface area (Å²) in [7, 11) is 1.68. The van der Waals surface area contributed by atoms with Crippen molar-refractivity contribution in [3.8, 4) is 11.5 Å². The van der Waals surface area contributed by atoms with Gasteiger partial charge in [-0.3, -0.25) is 4.90 Å². The lowest BCUT2D eigenvalue weighted by molar-refractivity contribution is 0.193. The Labute approximate surface area is 154 Å². The maximum atomic E-state index is 5.95. The number of aromatic amines is 1. The molecule has 2 aromatic carbocycles. The average molecular weight is 350 g/mol. The number of nitrogens with one attached hydrogen (secondary N) is 1. The molecule has 0 unspecified atom stereocenters. The number of benzene rings is 2. The summed E-state index contributed by atoms with van der Waals surface area (Å²) < 4.78 is 11.3. The number of aryl methyl sites for hydroxylation is 2. The number of methoxy groups -OCH3 is 1. The molecule has 4 rings (SSSR count). The van der Waals surface area contributed by atoms with Gasteiger partial charge in [0, 0.05) is 42.7 Å². The summed E-state index contributed by atoms with van der Waals surface area (Å²) in [6, 6.07) is 12.4. The molecule has 0 fully saturated rings. The van der Waals surface area contributed by atoms with Crippen LogP contribution in [0, 0.1) is 13.8 Å². The molecule has 0 bridgehead atoms. The lowest BCUT2D eigenvalue weighted by Crippen LogP contribution is -2.33. The minimum atomic E-state index is 0.663. The van der Waals surface area contributed by atoms with Gasteiger partial charge in [-0.05, 0) is 54.8 Å². The summed E-state index contributed by atoms with van der Waals surface area (Å²) in [6.07, 6.45) is 1.07. The molecule has 4 nitrogen and oxygen atoms in total. The third-order valence-electron chi connectivity index (χ3n) is 5.40. The molecule has 26 heavy (non-hydrogen) atoms. The standard InChI is InChI=1S/C22H26N2O2/c1-15-12-17-18-14-24(9-8-19(18)23-20(17)13-16(15)2)10-11-26-22-7-5-4-6-21(22)25-3/h4-7,12-13,23H,8-11,14H2,1-3H3. The first-order chi connectivity index (χ1) is 12.7. The number of ether oxygens (including phenoxy) is 2. The molecular weight excluding hydrogens is 324 g/mol. The second kappa shape index (κ2) is 7.04. The number of nitrogens with zero attached hydrogens (tertiary/aromatic N) is 1. The number of hydrogen-bond donors (Lipinski definition) is 1. The topological polar surface area (TPSA) is 37.5 Å². The SMILES string of the molecule is COc1ccccc1OCCN1CCc2[nH]c3cc(C)c(C)cc3c2C1. The van der Waals surface area contributed by atoms with Crippen molar-refractivity contribution < 1.29 is 9.47 Å². The Balaban J connectivity index is 1.44. The van der Waals surface area contributed by atoms with Crippen LogP contribution in [0.15, 0.2) is 36.4 Å².